The molecule has 0 atom stereocenters. The molecule has 0 radical (unpaired) electrons. The van der Waals surface area contributed by atoms with Crippen LogP contribution in [0.1, 0.15) is 148 Å². The molecule has 350 valence electrons. The van der Waals surface area contributed by atoms with Gasteiger partial charge in [0.2, 0.25) is 0 Å². The molecule has 0 bridgehead atoms. The number of benzene rings is 6. The summed E-state index contributed by atoms with van der Waals surface area (Å²) in [6.07, 6.45) is 2.06. The number of aromatic nitrogens is 2. The second kappa shape index (κ2) is 14.5. The number of nitrogens with zero attached hydrogens (tertiary/aromatic N) is 4. The lowest BCUT2D eigenvalue weighted by molar-refractivity contribution is 0.589. The van der Waals surface area contributed by atoms with Gasteiger partial charge in [0, 0.05) is 44.7 Å². The Bertz CT molecular complexity index is 3580. The summed E-state index contributed by atoms with van der Waals surface area (Å²) in [6.45, 7) is 41.9. The third-order valence-electron chi connectivity index (χ3n) is 15.8. The van der Waals surface area contributed by atoms with Gasteiger partial charge in [-0.1, -0.05) is 152 Å². The molecule has 0 fully saturated rings. The van der Waals surface area contributed by atoms with Gasteiger partial charge in [-0.05, 0) is 152 Å². The Morgan fingerprint density at radius 3 is 1.39 bits per heavy atom. The summed E-state index contributed by atoms with van der Waals surface area (Å²) >= 11 is 0. The van der Waals surface area contributed by atoms with Crippen molar-refractivity contribution in [3.05, 3.63) is 148 Å². The van der Waals surface area contributed by atoms with Crippen LogP contribution in [0.3, 0.4) is 0 Å². The fraction of sp³-hybridized carbons (Fsp3) is 0.359. The van der Waals surface area contributed by atoms with Crippen LogP contribution in [0, 0.1) is 20.8 Å². The number of fused-ring (bicyclic) bond motifs is 12. The molecule has 2 aliphatic heterocycles. The number of aryl methyl sites for hydroxylation is 3. The first kappa shape index (κ1) is 45.4. The van der Waals surface area contributed by atoms with Gasteiger partial charge < -0.3 is 14.2 Å². The first-order valence-corrected chi connectivity index (χ1v) is 25.4. The van der Waals surface area contributed by atoms with E-state index in [1.807, 2.05) is 0 Å². The predicted molar refractivity (Wildman–Crippen MR) is 301 cm³/mol. The average molecular weight is 907 g/mol. The third kappa shape index (κ3) is 6.65. The fourth-order valence-electron chi connectivity index (χ4n) is 11.9. The lowest BCUT2D eigenvalue weighted by Crippen LogP contribution is -2.62. The zero-order valence-corrected chi connectivity index (χ0v) is 44.7. The lowest BCUT2D eigenvalue weighted by Gasteiger charge is -2.45. The molecule has 0 spiro atoms. The Hall–Kier alpha value is -6.07. The minimum atomic E-state index is -0.141. The maximum atomic E-state index is 5.60. The zero-order valence-electron chi connectivity index (χ0n) is 44.7. The van der Waals surface area contributed by atoms with Crippen LogP contribution < -0.4 is 26.3 Å². The van der Waals surface area contributed by atoms with Gasteiger partial charge >= 0.3 is 0 Å². The molecule has 11 rings (SSSR count). The summed E-state index contributed by atoms with van der Waals surface area (Å²) in [7, 11) is 0. The van der Waals surface area contributed by atoms with Crippen LogP contribution in [0.5, 0.6) is 0 Å². The molecule has 5 heterocycles. The van der Waals surface area contributed by atoms with Crippen molar-refractivity contribution in [3.63, 3.8) is 0 Å². The van der Waals surface area contributed by atoms with Crippen molar-refractivity contribution in [3.8, 4) is 0 Å². The molecule has 0 aliphatic carbocycles. The molecule has 4 nitrogen and oxygen atoms in total. The molecule has 0 saturated carbocycles. The van der Waals surface area contributed by atoms with Crippen molar-refractivity contribution in [1.29, 1.82) is 0 Å². The van der Waals surface area contributed by atoms with E-state index in [2.05, 4.69) is 242 Å². The monoisotopic (exact) mass is 907 g/mol. The summed E-state index contributed by atoms with van der Waals surface area (Å²) in [4.78, 5) is 10.9. The van der Waals surface area contributed by atoms with E-state index in [1.165, 1.54) is 128 Å². The van der Waals surface area contributed by atoms with Crippen molar-refractivity contribution < 1.29 is 0 Å². The minimum absolute atomic E-state index is 0.00473. The number of anilines is 6. The Balaban J connectivity index is 1.44. The lowest BCUT2D eigenvalue weighted by atomic mass is 9.34. The zero-order chi connectivity index (χ0) is 49.4. The summed E-state index contributed by atoms with van der Waals surface area (Å²) in [5, 5.41) is 5.21. The molecule has 0 saturated heterocycles. The molecule has 5 heteroatoms. The highest BCUT2D eigenvalue weighted by atomic mass is 15.2. The van der Waals surface area contributed by atoms with Crippen molar-refractivity contribution in [1.82, 2.24) is 9.38 Å². The van der Waals surface area contributed by atoms with Crippen molar-refractivity contribution in [2.24, 2.45) is 0 Å². The molecular formula is C64H71BN4. The van der Waals surface area contributed by atoms with E-state index in [4.69, 9.17) is 4.98 Å². The molecule has 0 unspecified atom stereocenters. The molecular weight excluding hydrogens is 836 g/mol. The van der Waals surface area contributed by atoms with Gasteiger partial charge in [-0.15, -0.1) is 0 Å². The van der Waals surface area contributed by atoms with Gasteiger partial charge in [-0.25, -0.2) is 0 Å². The van der Waals surface area contributed by atoms with Gasteiger partial charge in [0.1, 0.15) is 0 Å². The number of rotatable bonds is 2. The van der Waals surface area contributed by atoms with Crippen LogP contribution in [0.4, 0.5) is 34.1 Å². The standard InChI is InChI=1S/C64H71BN4/c1-36-29-30-66-59-55(36)69(54-37(2)31-43(32-38(54)3)64(16,17)18)58-52-46-34-41(62(10,11)12)22-27-49(46)68-48-26-21-40(61(7,8)9)33-45(48)51(56(52)68)57-53(58)65(59)47-35-42(63(13,14)15)23-28-50(47)67(57)44-24-19-39(20-25-44)60(4,5)6/h19-35H,1-18H3. The van der Waals surface area contributed by atoms with Gasteiger partial charge in [0.05, 0.1) is 39.3 Å². The quantitative estimate of drug-likeness (QED) is 0.162. The normalized spacial score (nSPS) is 14.4. The van der Waals surface area contributed by atoms with Gasteiger partial charge in [-0.3, -0.25) is 4.98 Å². The van der Waals surface area contributed by atoms with Crippen LogP contribution in [-0.2, 0) is 27.1 Å². The maximum Gasteiger partial charge on any atom is 0.275 e. The summed E-state index contributed by atoms with van der Waals surface area (Å²) in [5.74, 6) is 0. The van der Waals surface area contributed by atoms with Gasteiger partial charge in [0.15, 0.2) is 0 Å². The first-order chi connectivity index (χ1) is 32.2. The van der Waals surface area contributed by atoms with E-state index in [0.717, 1.165) is 5.59 Å². The Labute approximate surface area is 412 Å². The highest BCUT2D eigenvalue weighted by Crippen LogP contribution is 2.56. The van der Waals surface area contributed by atoms with Crippen molar-refractivity contribution in [2.45, 2.75) is 152 Å². The highest BCUT2D eigenvalue weighted by molar-refractivity contribution is 7.00. The van der Waals surface area contributed by atoms with Crippen molar-refractivity contribution in [2.75, 3.05) is 9.80 Å². The first-order valence-electron chi connectivity index (χ1n) is 25.4. The second-order valence-electron chi connectivity index (χ2n) is 26.0. The van der Waals surface area contributed by atoms with E-state index < -0.39 is 0 Å². The van der Waals surface area contributed by atoms with E-state index in [0.29, 0.717) is 0 Å². The van der Waals surface area contributed by atoms with Crippen LogP contribution >= 0.6 is 0 Å². The van der Waals surface area contributed by atoms with E-state index in [9.17, 15) is 0 Å². The Morgan fingerprint density at radius 2 is 0.884 bits per heavy atom. The summed E-state index contributed by atoms with van der Waals surface area (Å²) in [5.41, 5.74) is 25.1. The van der Waals surface area contributed by atoms with Crippen LogP contribution in [0.25, 0.3) is 38.1 Å². The summed E-state index contributed by atoms with van der Waals surface area (Å²) < 4.78 is 2.63. The SMILES string of the molecule is Cc1cc(C(C)(C)C)cc(C)c1N1c2c(C)ccnc2B2c3cc(C(C)(C)C)ccc3N(c3ccc(C(C)(C)C)cc3)c3c2c1c1c2cc(C(C)(C)C)ccc2n2c4ccc(C(C)(C)C)cc4c3c12. The van der Waals surface area contributed by atoms with E-state index in [1.54, 1.807) is 0 Å². The summed E-state index contributed by atoms with van der Waals surface area (Å²) in [6, 6.07) is 38.7. The maximum absolute atomic E-state index is 5.60. The van der Waals surface area contributed by atoms with Crippen LogP contribution in [0.2, 0.25) is 0 Å². The molecule has 2 aliphatic rings. The Morgan fingerprint density at radius 1 is 0.420 bits per heavy atom. The minimum Gasteiger partial charge on any atom is -0.311 e. The largest absolute Gasteiger partial charge is 0.311 e. The smallest absolute Gasteiger partial charge is 0.275 e. The van der Waals surface area contributed by atoms with E-state index in [-0.39, 0.29) is 33.8 Å². The molecule has 0 amide bonds. The molecule has 3 aromatic heterocycles. The molecule has 69 heavy (non-hydrogen) atoms. The van der Waals surface area contributed by atoms with Crippen LogP contribution in [-0.4, -0.2) is 16.1 Å². The number of hydrogen-bond acceptors (Lipinski definition) is 3. The molecule has 9 aromatic rings. The predicted octanol–water partition coefficient (Wildman–Crippen LogP) is 15.7. The number of hydrogen-bond donors (Lipinski definition) is 0. The Kier molecular flexibility index (Phi) is 9.54. The van der Waals surface area contributed by atoms with Gasteiger partial charge in [0.25, 0.3) is 6.71 Å². The molecule has 0 N–H and O–H groups in total. The molecule has 6 aromatic carbocycles. The van der Waals surface area contributed by atoms with Crippen molar-refractivity contribution >= 4 is 95.5 Å². The third-order valence-corrected chi connectivity index (χ3v) is 15.8. The number of pyridine rings is 1. The average Bonchev–Trinajstić information content (AvgIpc) is 3.77. The van der Waals surface area contributed by atoms with Crippen LogP contribution in [0.15, 0.2) is 103 Å². The fourth-order valence-corrected chi connectivity index (χ4v) is 11.9. The van der Waals surface area contributed by atoms with Gasteiger partial charge in [-0.2, -0.15) is 0 Å². The topological polar surface area (TPSA) is 23.8 Å². The highest BCUT2D eigenvalue weighted by Gasteiger charge is 2.49. The van der Waals surface area contributed by atoms with E-state index >= 15 is 0 Å². The second-order valence-corrected chi connectivity index (χ2v) is 26.0.